The highest BCUT2D eigenvalue weighted by Crippen LogP contribution is 2.35. The summed E-state index contributed by atoms with van der Waals surface area (Å²) in [4.78, 5) is 33.2. The predicted octanol–water partition coefficient (Wildman–Crippen LogP) is 4.21. The summed E-state index contributed by atoms with van der Waals surface area (Å²) >= 11 is 0. The lowest BCUT2D eigenvalue weighted by Crippen LogP contribution is -2.55. The first kappa shape index (κ1) is 24.2. The molecule has 2 aliphatic rings. The van der Waals surface area contributed by atoms with E-state index >= 15 is 0 Å². The maximum atomic E-state index is 13.9. The lowest BCUT2D eigenvalue weighted by Gasteiger charge is -2.35. The molecule has 0 radical (unpaired) electrons. The first-order chi connectivity index (χ1) is 16.6. The van der Waals surface area contributed by atoms with Gasteiger partial charge in [-0.25, -0.2) is 0 Å². The summed E-state index contributed by atoms with van der Waals surface area (Å²) in [5.74, 6) is 1.53. The molecular formula is C27H36N4O3. The minimum Gasteiger partial charge on any atom is -0.457 e. The van der Waals surface area contributed by atoms with Crippen molar-refractivity contribution in [3.05, 3.63) is 54.4 Å². The van der Waals surface area contributed by atoms with Gasteiger partial charge < -0.3 is 20.3 Å². The van der Waals surface area contributed by atoms with Crippen LogP contribution in [0.3, 0.4) is 0 Å². The second-order valence-electron chi connectivity index (χ2n) is 9.42. The molecule has 1 aromatic carbocycles. The molecule has 2 aromatic rings. The van der Waals surface area contributed by atoms with Crippen LogP contribution in [-0.4, -0.2) is 47.4 Å². The van der Waals surface area contributed by atoms with Gasteiger partial charge in [-0.2, -0.15) is 0 Å². The fourth-order valence-corrected chi connectivity index (χ4v) is 5.07. The van der Waals surface area contributed by atoms with E-state index in [4.69, 9.17) is 4.74 Å². The molecule has 182 valence electrons. The number of nitrogens with one attached hydrogen (secondary N) is 2. The second-order valence-corrected chi connectivity index (χ2v) is 9.42. The number of para-hydroxylation sites is 1. The predicted molar refractivity (Wildman–Crippen MR) is 131 cm³/mol. The van der Waals surface area contributed by atoms with E-state index in [1.54, 1.807) is 13.2 Å². The van der Waals surface area contributed by atoms with Crippen LogP contribution < -0.4 is 15.4 Å². The molecule has 0 spiro atoms. The van der Waals surface area contributed by atoms with Gasteiger partial charge in [-0.15, -0.1) is 0 Å². The molecule has 1 saturated heterocycles. The SMILES string of the molecule is CNC(C)C(=O)NC(C(=O)N1CCCC1c1cc(Oc2ccccc2)ccn1)C1CCCCC1. The van der Waals surface area contributed by atoms with E-state index in [-0.39, 0.29) is 29.8 Å². The third kappa shape index (κ3) is 5.76. The molecule has 1 aliphatic carbocycles. The van der Waals surface area contributed by atoms with Gasteiger partial charge in [0.15, 0.2) is 0 Å². The van der Waals surface area contributed by atoms with E-state index in [1.165, 1.54) is 6.42 Å². The minimum atomic E-state index is -0.493. The van der Waals surface area contributed by atoms with Crippen LogP contribution in [0.25, 0.3) is 0 Å². The Morgan fingerprint density at radius 1 is 1.03 bits per heavy atom. The quantitative estimate of drug-likeness (QED) is 0.611. The minimum absolute atomic E-state index is 0.0160. The van der Waals surface area contributed by atoms with Gasteiger partial charge in [0.05, 0.1) is 17.8 Å². The number of likely N-dealkylation sites (tertiary alicyclic amines) is 1. The molecule has 3 atom stereocenters. The summed E-state index contributed by atoms with van der Waals surface area (Å²) in [5.41, 5.74) is 0.830. The number of aromatic nitrogens is 1. The van der Waals surface area contributed by atoms with Gasteiger partial charge in [0, 0.05) is 18.8 Å². The van der Waals surface area contributed by atoms with Crippen molar-refractivity contribution in [1.82, 2.24) is 20.5 Å². The number of rotatable bonds is 8. The second kappa shape index (κ2) is 11.5. The molecule has 3 unspecified atom stereocenters. The largest absolute Gasteiger partial charge is 0.457 e. The van der Waals surface area contributed by atoms with E-state index in [1.807, 2.05) is 54.3 Å². The lowest BCUT2D eigenvalue weighted by molar-refractivity contribution is -0.139. The summed E-state index contributed by atoms with van der Waals surface area (Å²) in [6, 6.07) is 12.5. The number of amides is 2. The lowest BCUT2D eigenvalue weighted by atomic mass is 9.83. The molecule has 1 saturated carbocycles. The highest BCUT2D eigenvalue weighted by Gasteiger charge is 2.39. The number of ether oxygens (including phenoxy) is 1. The van der Waals surface area contributed by atoms with Crippen molar-refractivity contribution in [2.45, 2.75) is 70.0 Å². The number of carbonyl (C=O) groups excluding carboxylic acids is 2. The van der Waals surface area contributed by atoms with Crippen LogP contribution >= 0.6 is 0 Å². The summed E-state index contributed by atoms with van der Waals surface area (Å²) in [6.45, 7) is 2.49. The number of hydrogen-bond donors (Lipinski definition) is 2. The fraction of sp³-hybridized carbons (Fsp3) is 0.519. The molecule has 7 nitrogen and oxygen atoms in total. The highest BCUT2D eigenvalue weighted by atomic mass is 16.5. The van der Waals surface area contributed by atoms with Gasteiger partial charge >= 0.3 is 0 Å². The molecule has 4 rings (SSSR count). The highest BCUT2D eigenvalue weighted by molar-refractivity contribution is 5.90. The molecule has 7 heteroatoms. The summed E-state index contributed by atoms with van der Waals surface area (Å²) in [6.07, 6.45) is 8.87. The van der Waals surface area contributed by atoms with Crippen molar-refractivity contribution in [1.29, 1.82) is 0 Å². The van der Waals surface area contributed by atoms with Gasteiger partial charge in [0.25, 0.3) is 0 Å². The first-order valence-electron chi connectivity index (χ1n) is 12.5. The van der Waals surface area contributed by atoms with E-state index < -0.39 is 6.04 Å². The Morgan fingerprint density at radius 2 is 1.79 bits per heavy atom. The maximum absolute atomic E-state index is 13.9. The average Bonchev–Trinajstić information content (AvgIpc) is 3.38. The van der Waals surface area contributed by atoms with Crippen LogP contribution in [0.1, 0.15) is 63.6 Å². The zero-order chi connectivity index (χ0) is 23.9. The van der Waals surface area contributed by atoms with Crippen molar-refractivity contribution in [2.75, 3.05) is 13.6 Å². The Hall–Kier alpha value is -2.93. The van der Waals surface area contributed by atoms with E-state index in [9.17, 15) is 9.59 Å². The van der Waals surface area contributed by atoms with Crippen molar-refractivity contribution in [3.8, 4) is 11.5 Å². The Balaban J connectivity index is 1.53. The number of carbonyl (C=O) groups is 2. The Morgan fingerprint density at radius 3 is 2.53 bits per heavy atom. The molecule has 2 N–H and O–H groups in total. The van der Waals surface area contributed by atoms with Crippen LogP contribution in [0.5, 0.6) is 11.5 Å². The monoisotopic (exact) mass is 464 g/mol. The molecular weight excluding hydrogens is 428 g/mol. The van der Waals surface area contributed by atoms with Gasteiger partial charge in [0.1, 0.15) is 17.5 Å². The third-order valence-corrected chi connectivity index (χ3v) is 7.12. The van der Waals surface area contributed by atoms with Crippen molar-refractivity contribution < 1.29 is 14.3 Å². The maximum Gasteiger partial charge on any atom is 0.246 e. The van der Waals surface area contributed by atoms with E-state index in [0.717, 1.165) is 50.0 Å². The van der Waals surface area contributed by atoms with E-state index in [2.05, 4.69) is 15.6 Å². The normalized spacial score (nSPS) is 20.5. The third-order valence-electron chi connectivity index (χ3n) is 7.12. The molecule has 0 bridgehead atoms. The van der Waals surface area contributed by atoms with Crippen LogP contribution in [0.4, 0.5) is 0 Å². The van der Waals surface area contributed by atoms with Crippen LogP contribution in [-0.2, 0) is 9.59 Å². The standard InChI is InChI=1S/C27H36N4O3/c1-19(28-2)26(32)30-25(20-10-5-3-6-11-20)27(33)31-17-9-14-24(31)23-18-22(15-16-29-23)34-21-12-7-4-8-13-21/h4,7-8,12-13,15-16,18-20,24-25,28H,3,5-6,9-11,14,17H2,1-2H3,(H,30,32). The number of benzene rings is 1. The topological polar surface area (TPSA) is 83.6 Å². The number of nitrogens with zero attached hydrogens (tertiary/aromatic N) is 2. The van der Waals surface area contributed by atoms with Crippen LogP contribution in [0, 0.1) is 5.92 Å². The van der Waals surface area contributed by atoms with Gasteiger partial charge in [0.2, 0.25) is 11.8 Å². The number of likely N-dealkylation sites (N-methyl/N-ethyl adjacent to an activating group) is 1. The molecule has 1 aliphatic heterocycles. The average molecular weight is 465 g/mol. The smallest absolute Gasteiger partial charge is 0.246 e. The molecule has 1 aromatic heterocycles. The number of hydrogen-bond acceptors (Lipinski definition) is 5. The molecule has 2 amide bonds. The summed E-state index contributed by atoms with van der Waals surface area (Å²) < 4.78 is 6.00. The van der Waals surface area contributed by atoms with Crippen molar-refractivity contribution >= 4 is 11.8 Å². The molecule has 2 fully saturated rings. The Kier molecular flexibility index (Phi) is 8.16. The zero-order valence-corrected chi connectivity index (χ0v) is 20.2. The number of pyridine rings is 1. The van der Waals surface area contributed by atoms with Gasteiger partial charge in [-0.3, -0.25) is 14.6 Å². The first-order valence-corrected chi connectivity index (χ1v) is 12.5. The Labute approximate surface area is 202 Å². The van der Waals surface area contributed by atoms with Crippen LogP contribution in [0.15, 0.2) is 48.7 Å². The van der Waals surface area contributed by atoms with Crippen LogP contribution in [0.2, 0.25) is 0 Å². The van der Waals surface area contributed by atoms with Crippen molar-refractivity contribution in [3.63, 3.8) is 0 Å². The molecule has 34 heavy (non-hydrogen) atoms. The summed E-state index contributed by atoms with van der Waals surface area (Å²) in [5, 5.41) is 6.07. The Bertz CT molecular complexity index is 961. The van der Waals surface area contributed by atoms with E-state index in [0.29, 0.717) is 12.3 Å². The van der Waals surface area contributed by atoms with Crippen molar-refractivity contribution in [2.24, 2.45) is 5.92 Å². The zero-order valence-electron chi connectivity index (χ0n) is 20.2. The molecule has 2 heterocycles. The van der Waals surface area contributed by atoms with Gasteiger partial charge in [-0.1, -0.05) is 37.5 Å². The fourth-order valence-electron chi connectivity index (χ4n) is 5.07. The summed E-state index contributed by atoms with van der Waals surface area (Å²) in [7, 11) is 1.76. The van der Waals surface area contributed by atoms with Gasteiger partial charge in [-0.05, 0) is 63.8 Å².